The van der Waals surface area contributed by atoms with Crippen molar-refractivity contribution in [2.24, 2.45) is 5.41 Å². The van der Waals surface area contributed by atoms with Crippen molar-refractivity contribution in [1.82, 2.24) is 0 Å². The molecule has 0 amide bonds. The van der Waals surface area contributed by atoms with E-state index in [0.29, 0.717) is 23.4 Å². The molecule has 3 nitrogen and oxygen atoms in total. The molecule has 2 aromatic carbocycles. The second-order valence-electron chi connectivity index (χ2n) is 6.87. The third kappa shape index (κ3) is 2.20. The molecule has 1 spiro atoms. The van der Waals surface area contributed by atoms with Crippen LogP contribution in [0.2, 0.25) is 5.02 Å². The Bertz CT molecular complexity index is 892. The van der Waals surface area contributed by atoms with Gasteiger partial charge >= 0.3 is 5.97 Å². The summed E-state index contributed by atoms with van der Waals surface area (Å²) in [4.78, 5) is 24.9. The highest BCUT2D eigenvalue weighted by molar-refractivity contribution is 6.42. The number of fused-ring (bicyclic) bond motifs is 1. The molecule has 134 valence electrons. The number of esters is 1. The van der Waals surface area contributed by atoms with E-state index in [1.807, 2.05) is 36.4 Å². The number of halogens is 2. The second kappa shape index (κ2) is 6.11. The smallest absolute Gasteiger partial charge is 0.328 e. The Balaban J connectivity index is 1.84. The van der Waals surface area contributed by atoms with Crippen LogP contribution in [-0.2, 0) is 16.0 Å². The van der Waals surface area contributed by atoms with Crippen LogP contribution in [0.25, 0.3) is 0 Å². The quantitative estimate of drug-likeness (QED) is 0.560. The number of carbonyl (C=O) groups excluding carboxylic acids is 2. The summed E-state index contributed by atoms with van der Waals surface area (Å²) in [6.07, 6.45) is 1.23. The fraction of sp³-hybridized carbons (Fsp3) is 0.333. The molecule has 0 bridgehead atoms. The first-order valence-corrected chi connectivity index (χ1v) is 9.46. The Morgan fingerprint density at radius 2 is 1.88 bits per heavy atom. The Morgan fingerprint density at radius 1 is 1.19 bits per heavy atom. The lowest BCUT2D eigenvalue weighted by Gasteiger charge is -2.26. The molecule has 3 unspecified atom stereocenters. The molecular formula is C21H18Cl2O3. The van der Waals surface area contributed by atoms with E-state index in [1.165, 1.54) is 0 Å². The average molecular weight is 389 g/mol. The number of hydrogen-bond acceptors (Lipinski definition) is 3. The van der Waals surface area contributed by atoms with Crippen LogP contribution >= 0.6 is 23.2 Å². The number of hydrogen-bond donors (Lipinski definition) is 0. The van der Waals surface area contributed by atoms with E-state index in [-0.39, 0.29) is 12.4 Å². The molecule has 0 aliphatic heterocycles. The van der Waals surface area contributed by atoms with Crippen LogP contribution < -0.4 is 0 Å². The summed E-state index contributed by atoms with van der Waals surface area (Å²) in [5.41, 5.74) is 1.53. The Labute approximate surface area is 162 Å². The van der Waals surface area contributed by atoms with Gasteiger partial charge in [0, 0.05) is 16.5 Å². The summed E-state index contributed by atoms with van der Waals surface area (Å²) in [5, 5.41) is 0.597. The molecule has 2 aromatic rings. The van der Waals surface area contributed by atoms with Gasteiger partial charge in [0.1, 0.15) is 0 Å². The number of rotatable bonds is 3. The van der Waals surface area contributed by atoms with Crippen LogP contribution in [-0.4, -0.2) is 23.2 Å². The number of alkyl halides is 1. The third-order valence-electron chi connectivity index (χ3n) is 5.69. The second-order valence-corrected chi connectivity index (χ2v) is 7.91. The van der Waals surface area contributed by atoms with Crippen LogP contribution in [0.15, 0.2) is 48.5 Å². The van der Waals surface area contributed by atoms with E-state index in [4.69, 9.17) is 27.9 Å². The highest BCUT2D eigenvalue weighted by Crippen LogP contribution is 2.76. The molecule has 0 saturated heterocycles. The predicted molar refractivity (Wildman–Crippen MR) is 101 cm³/mol. The SMILES string of the molecule is CCOC(=O)C1(Cl)C(c2ccc(Cl)cc2)C12CCc1ccccc1C2=O. The molecule has 1 saturated carbocycles. The minimum atomic E-state index is -1.37. The summed E-state index contributed by atoms with van der Waals surface area (Å²) < 4.78 is 5.26. The van der Waals surface area contributed by atoms with Crippen LogP contribution in [0.4, 0.5) is 0 Å². The fourth-order valence-corrected chi connectivity index (χ4v) is 5.20. The van der Waals surface area contributed by atoms with Crippen molar-refractivity contribution in [1.29, 1.82) is 0 Å². The van der Waals surface area contributed by atoms with Gasteiger partial charge in [-0.25, -0.2) is 0 Å². The lowest BCUT2D eigenvalue weighted by Crippen LogP contribution is -2.35. The van der Waals surface area contributed by atoms with Gasteiger partial charge in [-0.15, -0.1) is 11.6 Å². The summed E-state index contributed by atoms with van der Waals surface area (Å²) in [6, 6.07) is 14.7. The highest BCUT2D eigenvalue weighted by Gasteiger charge is 2.84. The Morgan fingerprint density at radius 3 is 2.58 bits per heavy atom. The first kappa shape index (κ1) is 17.6. The average Bonchev–Trinajstić information content (AvgIpc) is 3.20. The Kier molecular flexibility index (Phi) is 4.13. The van der Waals surface area contributed by atoms with Crippen molar-refractivity contribution < 1.29 is 14.3 Å². The maximum Gasteiger partial charge on any atom is 0.328 e. The molecule has 2 aliphatic carbocycles. The Hall–Kier alpha value is -1.84. The number of aryl methyl sites for hydroxylation is 1. The number of carbonyl (C=O) groups is 2. The zero-order valence-electron chi connectivity index (χ0n) is 14.3. The molecule has 2 aliphatic rings. The van der Waals surface area contributed by atoms with Crippen molar-refractivity contribution >= 4 is 35.0 Å². The zero-order chi connectivity index (χ0) is 18.5. The van der Waals surface area contributed by atoms with Gasteiger partial charge in [-0.1, -0.05) is 48.0 Å². The van der Waals surface area contributed by atoms with Crippen LogP contribution in [0.3, 0.4) is 0 Å². The first-order chi connectivity index (χ1) is 12.5. The first-order valence-electron chi connectivity index (χ1n) is 8.71. The number of Topliss-reactive ketones (excluding diaryl/α,β-unsaturated/α-hetero) is 1. The third-order valence-corrected chi connectivity index (χ3v) is 6.65. The number of ketones is 1. The molecule has 1 fully saturated rings. The van der Waals surface area contributed by atoms with Crippen molar-refractivity contribution in [3.05, 3.63) is 70.2 Å². The zero-order valence-corrected chi connectivity index (χ0v) is 15.8. The van der Waals surface area contributed by atoms with E-state index >= 15 is 0 Å². The molecule has 3 atom stereocenters. The van der Waals surface area contributed by atoms with E-state index in [1.54, 1.807) is 19.1 Å². The normalized spacial score (nSPS) is 29.3. The fourth-order valence-electron chi connectivity index (χ4n) is 4.47. The number of ether oxygens (including phenoxy) is 1. The molecule has 0 N–H and O–H groups in total. The van der Waals surface area contributed by atoms with Gasteiger partial charge in [-0.2, -0.15) is 0 Å². The molecule has 0 heterocycles. The molecular weight excluding hydrogens is 371 g/mol. The summed E-state index contributed by atoms with van der Waals surface area (Å²) in [5.74, 6) is -1.01. The van der Waals surface area contributed by atoms with Gasteiger partial charge < -0.3 is 4.74 Å². The van der Waals surface area contributed by atoms with E-state index in [0.717, 1.165) is 11.1 Å². The van der Waals surface area contributed by atoms with Crippen molar-refractivity contribution in [2.45, 2.75) is 30.6 Å². The van der Waals surface area contributed by atoms with Gasteiger partial charge in [0.15, 0.2) is 10.7 Å². The van der Waals surface area contributed by atoms with E-state index < -0.39 is 22.2 Å². The van der Waals surface area contributed by atoms with E-state index in [2.05, 4.69) is 0 Å². The van der Waals surface area contributed by atoms with Crippen LogP contribution in [0.1, 0.15) is 40.7 Å². The summed E-state index contributed by atoms with van der Waals surface area (Å²) in [7, 11) is 0. The summed E-state index contributed by atoms with van der Waals surface area (Å²) in [6.45, 7) is 1.96. The highest BCUT2D eigenvalue weighted by atomic mass is 35.5. The minimum absolute atomic E-state index is 0.0673. The maximum atomic E-state index is 13.5. The lowest BCUT2D eigenvalue weighted by atomic mass is 9.77. The summed E-state index contributed by atoms with van der Waals surface area (Å²) >= 11 is 12.9. The monoisotopic (exact) mass is 388 g/mol. The van der Waals surface area contributed by atoms with Gasteiger partial charge in [0.25, 0.3) is 0 Å². The van der Waals surface area contributed by atoms with Gasteiger partial charge in [-0.05, 0) is 43.0 Å². The lowest BCUT2D eigenvalue weighted by molar-refractivity contribution is -0.144. The topological polar surface area (TPSA) is 43.4 Å². The van der Waals surface area contributed by atoms with Crippen molar-refractivity contribution in [3.63, 3.8) is 0 Å². The predicted octanol–water partition coefficient (Wildman–Crippen LogP) is 4.79. The van der Waals surface area contributed by atoms with Crippen LogP contribution in [0, 0.1) is 5.41 Å². The molecule has 4 rings (SSSR count). The standard InChI is InChI=1S/C21H18Cl2O3/c1-2-26-19(25)21(23)17(14-7-9-15(22)10-8-14)20(21)12-11-13-5-3-4-6-16(13)18(20)24/h3-10,17H,2,11-12H2,1H3. The van der Waals surface area contributed by atoms with Crippen LogP contribution in [0.5, 0.6) is 0 Å². The molecule has 0 aromatic heterocycles. The van der Waals surface area contributed by atoms with Gasteiger partial charge in [-0.3, -0.25) is 9.59 Å². The maximum absolute atomic E-state index is 13.5. The molecule has 26 heavy (non-hydrogen) atoms. The molecule has 5 heteroatoms. The van der Waals surface area contributed by atoms with Gasteiger partial charge in [0.05, 0.1) is 12.0 Å². The van der Waals surface area contributed by atoms with Crippen molar-refractivity contribution in [2.75, 3.05) is 6.61 Å². The van der Waals surface area contributed by atoms with Crippen molar-refractivity contribution in [3.8, 4) is 0 Å². The molecule has 0 radical (unpaired) electrons. The largest absolute Gasteiger partial charge is 0.465 e. The van der Waals surface area contributed by atoms with E-state index in [9.17, 15) is 9.59 Å². The van der Waals surface area contributed by atoms with Gasteiger partial charge in [0.2, 0.25) is 0 Å². The number of benzene rings is 2. The minimum Gasteiger partial charge on any atom is -0.465 e.